The van der Waals surface area contributed by atoms with E-state index in [9.17, 15) is 4.79 Å². The molecular weight excluding hydrogens is 254 g/mol. The van der Waals surface area contributed by atoms with E-state index in [1.54, 1.807) is 12.1 Å². The normalized spacial score (nSPS) is 21.6. The average molecular weight is 280 g/mol. The summed E-state index contributed by atoms with van der Waals surface area (Å²) in [7, 11) is 0. The van der Waals surface area contributed by atoms with Gasteiger partial charge < -0.3 is 14.5 Å². The number of rotatable bonds is 4. The maximum Gasteiger partial charge on any atom is 0.374 e. The average Bonchev–Trinajstić information content (AvgIpc) is 2.77. The van der Waals surface area contributed by atoms with Gasteiger partial charge in [-0.05, 0) is 52.2 Å². The van der Waals surface area contributed by atoms with Crippen LogP contribution in [0.4, 0.5) is 0 Å². The molecule has 0 unspecified atom stereocenters. The zero-order valence-electron chi connectivity index (χ0n) is 12.9. The minimum absolute atomic E-state index is 0.261. The number of piperidine rings is 1. The summed E-state index contributed by atoms with van der Waals surface area (Å²) in [6.45, 7) is 9.62. The lowest BCUT2D eigenvalue weighted by atomic mass is 9.75. The molecule has 1 fully saturated rings. The number of esters is 1. The first-order valence-electron chi connectivity index (χ1n) is 7.35. The molecule has 0 aromatic carbocycles. The van der Waals surface area contributed by atoms with Crippen molar-refractivity contribution in [1.82, 2.24) is 0 Å². The second-order valence-electron chi connectivity index (χ2n) is 7.30. The number of carbonyl (C=O) groups excluding carboxylic acids is 1. The zero-order valence-corrected chi connectivity index (χ0v) is 12.9. The second kappa shape index (κ2) is 5.60. The van der Waals surface area contributed by atoms with Gasteiger partial charge in [-0.1, -0.05) is 0 Å². The van der Waals surface area contributed by atoms with E-state index in [2.05, 4.69) is 33.0 Å². The van der Waals surface area contributed by atoms with Gasteiger partial charge in [0.25, 0.3) is 0 Å². The van der Waals surface area contributed by atoms with Crippen molar-refractivity contribution in [3.8, 4) is 0 Å². The summed E-state index contributed by atoms with van der Waals surface area (Å²) in [4.78, 5) is 11.7. The third kappa shape index (κ3) is 4.10. The van der Waals surface area contributed by atoms with Crippen LogP contribution in [0.3, 0.4) is 0 Å². The Balaban J connectivity index is 1.80. The molecule has 1 aliphatic rings. The highest BCUT2D eigenvalue weighted by Gasteiger charge is 2.41. The molecule has 1 aliphatic heterocycles. The van der Waals surface area contributed by atoms with Crippen LogP contribution in [0.25, 0.3) is 0 Å². The highest BCUT2D eigenvalue weighted by molar-refractivity contribution is 5.86. The fourth-order valence-corrected chi connectivity index (χ4v) is 3.72. The number of hydrogen-bond acceptors (Lipinski definition) is 3. The standard InChI is InChI=1S/C16H25NO3/c1-15(2)10-12(11-16(3,4)17-15)7-9-20-14(18)13-6-5-8-19-13/h5-6,8,12,17H,7,9-11H2,1-4H3/p+1. The van der Waals surface area contributed by atoms with E-state index in [-0.39, 0.29) is 22.8 Å². The third-order valence-corrected chi connectivity index (χ3v) is 3.89. The Hall–Kier alpha value is -1.29. The molecule has 0 atom stereocenters. The van der Waals surface area contributed by atoms with Crippen molar-refractivity contribution < 1.29 is 19.3 Å². The Labute approximate surface area is 120 Å². The number of carbonyl (C=O) groups is 1. The Morgan fingerprint density at radius 2 is 2.00 bits per heavy atom. The highest BCUT2D eigenvalue weighted by atomic mass is 16.5. The first kappa shape index (κ1) is 15.1. The minimum Gasteiger partial charge on any atom is -0.460 e. The molecule has 112 valence electrons. The van der Waals surface area contributed by atoms with Crippen LogP contribution >= 0.6 is 0 Å². The summed E-state index contributed by atoms with van der Waals surface area (Å²) in [6.07, 6.45) is 4.73. The summed E-state index contributed by atoms with van der Waals surface area (Å²) in [5.74, 6) is 0.521. The van der Waals surface area contributed by atoms with E-state index >= 15 is 0 Å². The molecule has 1 aromatic rings. The largest absolute Gasteiger partial charge is 0.460 e. The molecule has 4 nitrogen and oxygen atoms in total. The van der Waals surface area contributed by atoms with Gasteiger partial charge in [-0.2, -0.15) is 0 Å². The van der Waals surface area contributed by atoms with Gasteiger partial charge in [0.05, 0.1) is 23.9 Å². The first-order chi connectivity index (χ1) is 9.27. The molecule has 0 aliphatic carbocycles. The van der Waals surface area contributed by atoms with Crippen molar-refractivity contribution in [1.29, 1.82) is 0 Å². The van der Waals surface area contributed by atoms with Crippen LogP contribution < -0.4 is 5.32 Å². The Morgan fingerprint density at radius 3 is 2.55 bits per heavy atom. The predicted molar refractivity (Wildman–Crippen MR) is 76.4 cm³/mol. The molecular formula is C16H26NO3+. The van der Waals surface area contributed by atoms with Gasteiger partial charge in [-0.15, -0.1) is 0 Å². The summed E-state index contributed by atoms with van der Waals surface area (Å²) < 4.78 is 10.3. The number of hydrogen-bond donors (Lipinski definition) is 1. The lowest BCUT2D eigenvalue weighted by Gasteiger charge is -2.43. The smallest absolute Gasteiger partial charge is 0.374 e. The Kier molecular flexibility index (Phi) is 4.23. The Bertz CT molecular complexity index is 432. The SMILES string of the molecule is CC1(C)CC(CCOC(=O)c2ccco2)CC(C)(C)[NH2+]1. The first-order valence-corrected chi connectivity index (χ1v) is 7.35. The molecule has 1 saturated heterocycles. The zero-order chi connectivity index (χ0) is 14.8. The number of furan rings is 1. The molecule has 1 aromatic heterocycles. The monoisotopic (exact) mass is 280 g/mol. The van der Waals surface area contributed by atoms with E-state index in [4.69, 9.17) is 9.15 Å². The van der Waals surface area contributed by atoms with E-state index in [0.29, 0.717) is 12.5 Å². The summed E-state index contributed by atoms with van der Waals surface area (Å²) in [6, 6.07) is 3.32. The third-order valence-electron chi connectivity index (χ3n) is 3.89. The van der Waals surface area contributed by atoms with Crippen LogP contribution in [0.5, 0.6) is 0 Å². The predicted octanol–water partition coefficient (Wildman–Crippen LogP) is 2.36. The molecule has 20 heavy (non-hydrogen) atoms. The topological polar surface area (TPSA) is 56.0 Å². The maximum absolute atomic E-state index is 11.7. The van der Waals surface area contributed by atoms with Gasteiger partial charge in [0.2, 0.25) is 5.76 Å². The molecule has 2 N–H and O–H groups in total. The molecule has 0 amide bonds. The lowest BCUT2D eigenvalue weighted by molar-refractivity contribution is -0.789. The van der Waals surface area contributed by atoms with E-state index < -0.39 is 0 Å². The van der Waals surface area contributed by atoms with Crippen molar-refractivity contribution >= 4 is 5.97 Å². The van der Waals surface area contributed by atoms with Crippen LogP contribution in [0, 0.1) is 5.92 Å². The van der Waals surface area contributed by atoms with E-state index in [1.165, 1.54) is 6.26 Å². The van der Waals surface area contributed by atoms with Gasteiger partial charge in [-0.3, -0.25) is 0 Å². The van der Waals surface area contributed by atoms with Gasteiger partial charge in [0.15, 0.2) is 0 Å². The molecule has 0 radical (unpaired) electrons. The second-order valence-corrected chi connectivity index (χ2v) is 7.30. The van der Waals surface area contributed by atoms with Crippen LogP contribution in [0.2, 0.25) is 0 Å². The van der Waals surface area contributed by atoms with Gasteiger partial charge in [0, 0.05) is 12.8 Å². The van der Waals surface area contributed by atoms with Crippen LogP contribution in [0.15, 0.2) is 22.8 Å². The fraction of sp³-hybridized carbons (Fsp3) is 0.688. The van der Waals surface area contributed by atoms with Gasteiger partial charge in [0.1, 0.15) is 0 Å². The van der Waals surface area contributed by atoms with Gasteiger partial charge >= 0.3 is 5.97 Å². The number of ether oxygens (including phenoxy) is 1. The van der Waals surface area contributed by atoms with Crippen LogP contribution in [-0.4, -0.2) is 23.7 Å². The number of quaternary nitrogens is 1. The lowest BCUT2D eigenvalue weighted by Crippen LogP contribution is -3.05. The van der Waals surface area contributed by atoms with Crippen molar-refractivity contribution in [2.45, 2.75) is 58.0 Å². The molecule has 2 rings (SSSR count). The molecule has 0 bridgehead atoms. The van der Waals surface area contributed by atoms with E-state index in [0.717, 1.165) is 19.3 Å². The van der Waals surface area contributed by atoms with Crippen LogP contribution in [-0.2, 0) is 4.74 Å². The molecule has 0 spiro atoms. The molecule has 2 heterocycles. The van der Waals surface area contributed by atoms with Crippen molar-refractivity contribution in [2.24, 2.45) is 5.92 Å². The molecule has 0 saturated carbocycles. The summed E-state index contributed by atoms with van der Waals surface area (Å²) in [5.41, 5.74) is 0.523. The van der Waals surface area contributed by atoms with Crippen molar-refractivity contribution in [3.05, 3.63) is 24.2 Å². The highest BCUT2D eigenvalue weighted by Crippen LogP contribution is 2.29. The summed E-state index contributed by atoms with van der Waals surface area (Å²) >= 11 is 0. The fourth-order valence-electron chi connectivity index (χ4n) is 3.72. The van der Waals surface area contributed by atoms with Gasteiger partial charge in [-0.25, -0.2) is 4.79 Å². The van der Waals surface area contributed by atoms with Crippen molar-refractivity contribution in [2.75, 3.05) is 6.61 Å². The quantitative estimate of drug-likeness (QED) is 0.861. The van der Waals surface area contributed by atoms with E-state index in [1.807, 2.05) is 0 Å². The van der Waals surface area contributed by atoms with Crippen LogP contribution in [0.1, 0.15) is 57.5 Å². The number of nitrogens with two attached hydrogens (primary N) is 1. The maximum atomic E-state index is 11.7. The summed E-state index contributed by atoms with van der Waals surface area (Å²) in [5, 5.41) is 2.46. The minimum atomic E-state index is -0.365. The van der Waals surface area contributed by atoms with Crippen molar-refractivity contribution in [3.63, 3.8) is 0 Å². The Morgan fingerprint density at radius 1 is 1.35 bits per heavy atom. The molecule has 4 heteroatoms.